The molecule has 3 rings (SSSR count). The van der Waals surface area contributed by atoms with Crippen molar-refractivity contribution in [2.24, 2.45) is 5.92 Å². The van der Waals surface area contributed by atoms with Crippen molar-refractivity contribution in [3.05, 3.63) is 40.8 Å². The molecule has 0 saturated heterocycles. The third-order valence-electron chi connectivity index (χ3n) is 4.10. The zero-order valence-electron chi connectivity index (χ0n) is 12.5. The highest BCUT2D eigenvalue weighted by molar-refractivity contribution is 5.79. The molecule has 6 heteroatoms. The van der Waals surface area contributed by atoms with Crippen LogP contribution >= 0.6 is 0 Å². The summed E-state index contributed by atoms with van der Waals surface area (Å²) in [5.74, 6) is 0.123. The van der Waals surface area contributed by atoms with Crippen molar-refractivity contribution in [1.29, 1.82) is 0 Å². The average Bonchev–Trinajstić information content (AvgIpc) is 3.34. The number of fused-ring (bicyclic) bond motifs is 1. The standard InChI is InChI=1S/C16H19N3O3/c1-18(9-14(20)11-6-7-11)16(22)10-19-13-5-3-2-4-12(13)17-8-15(19)21/h2-5,8,11,14,20H,6-7,9-10H2,1H3. The Morgan fingerprint density at radius 3 is 2.91 bits per heavy atom. The van der Waals surface area contributed by atoms with Crippen LogP contribution in [0.1, 0.15) is 12.8 Å². The number of aliphatic hydroxyl groups excluding tert-OH is 1. The maximum Gasteiger partial charge on any atom is 0.269 e. The molecule has 1 saturated carbocycles. The maximum absolute atomic E-state index is 12.3. The van der Waals surface area contributed by atoms with E-state index in [0.717, 1.165) is 12.8 Å². The lowest BCUT2D eigenvalue weighted by molar-refractivity contribution is -0.131. The van der Waals surface area contributed by atoms with Crippen LogP contribution < -0.4 is 5.56 Å². The molecule has 1 aliphatic carbocycles. The molecule has 0 aliphatic heterocycles. The van der Waals surface area contributed by atoms with Crippen LogP contribution in [0.3, 0.4) is 0 Å². The van der Waals surface area contributed by atoms with E-state index in [4.69, 9.17) is 0 Å². The second-order valence-corrected chi connectivity index (χ2v) is 5.85. The van der Waals surface area contributed by atoms with Crippen LogP contribution in [0, 0.1) is 5.92 Å². The first-order valence-electron chi connectivity index (χ1n) is 7.43. The van der Waals surface area contributed by atoms with Crippen molar-refractivity contribution in [1.82, 2.24) is 14.5 Å². The van der Waals surface area contributed by atoms with Crippen LogP contribution in [-0.4, -0.2) is 45.2 Å². The van der Waals surface area contributed by atoms with Gasteiger partial charge >= 0.3 is 0 Å². The van der Waals surface area contributed by atoms with E-state index in [1.54, 1.807) is 19.2 Å². The van der Waals surface area contributed by atoms with Crippen molar-refractivity contribution < 1.29 is 9.90 Å². The van der Waals surface area contributed by atoms with Crippen LogP contribution in [0.2, 0.25) is 0 Å². The topological polar surface area (TPSA) is 75.4 Å². The molecule has 1 fully saturated rings. The summed E-state index contributed by atoms with van der Waals surface area (Å²) in [4.78, 5) is 29.9. The number of amides is 1. The predicted molar refractivity (Wildman–Crippen MR) is 82.4 cm³/mol. The van der Waals surface area contributed by atoms with Gasteiger partial charge in [-0.3, -0.25) is 14.2 Å². The van der Waals surface area contributed by atoms with E-state index in [1.165, 1.54) is 15.7 Å². The Kier molecular flexibility index (Phi) is 3.94. The first-order valence-corrected chi connectivity index (χ1v) is 7.43. The molecule has 2 aromatic rings. The number of para-hydroxylation sites is 2. The van der Waals surface area contributed by atoms with E-state index < -0.39 is 6.10 Å². The van der Waals surface area contributed by atoms with E-state index >= 15 is 0 Å². The average molecular weight is 301 g/mol. The van der Waals surface area contributed by atoms with E-state index in [0.29, 0.717) is 23.5 Å². The Bertz CT molecular complexity index is 752. The molecule has 6 nitrogen and oxygen atoms in total. The summed E-state index contributed by atoms with van der Waals surface area (Å²) < 4.78 is 1.42. The summed E-state index contributed by atoms with van der Waals surface area (Å²) >= 11 is 0. The van der Waals surface area contributed by atoms with Gasteiger partial charge < -0.3 is 10.0 Å². The highest BCUT2D eigenvalue weighted by atomic mass is 16.3. The van der Waals surface area contributed by atoms with Gasteiger partial charge in [-0.1, -0.05) is 12.1 Å². The third kappa shape index (κ3) is 3.01. The summed E-state index contributed by atoms with van der Waals surface area (Å²) in [5.41, 5.74) is 1.01. The summed E-state index contributed by atoms with van der Waals surface area (Å²) in [6.45, 7) is 0.261. The molecule has 116 valence electrons. The second-order valence-electron chi connectivity index (χ2n) is 5.85. The number of aliphatic hydroxyl groups is 1. The van der Waals surface area contributed by atoms with Crippen molar-refractivity contribution >= 4 is 16.9 Å². The van der Waals surface area contributed by atoms with Gasteiger partial charge in [-0.05, 0) is 30.9 Å². The van der Waals surface area contributed by atoms with Gasteiger partial charge in [0.1, 0.15) is 6.54 Å². The fourth-order valence-electron chi connectivity index (χ4n) is 2.55. The number of rotatable bonds is 5. The summed E-state index contributed by atoms with van der Waals surface area (Å²) in [6, 6.07) is 7.22. The van der Waals surface area contributed by atoms with E-state index in [1.807, 2.05) is 12.1 Å². The van der Waals surface area contributed by atoms with Gasteiger partial charge in [0.25, 0.3) is 5.56 Å². The quantitative estimate of drug-likeness (QED) is 0.879. The van der Waals surface area contributed by atoms with Crippen LogP contribution in [0.15, 0.2) is 35.3 Å². The summed E-state index contributed by atoms with van der Waals surface area (Å²) in [7, 11) is 1.66. The van der Waals surface area contributed by atoms with Gasteiger partial charge in [0.2, 0.25) is 5.91 Å². The molecule has 0 bridgehead atoms. The first kappa shape index (κ1) is 14.7. The smallest absolute Gasteiger partial charge is 0.269 e. The SMILES string of the molecule is CN(CC(O)C1CC1)C(=O)Cn1c(=O)cnc2ccccc21. The molecule has 1 amide bonds. The summed E-state index contributed by atoms with van der Waals surface area (Å²) in [6.07, 6.45) is 2.81. The molecule has 1 aromatic carbocycles. The number of carbonyl (C=O) groups is 1. The van der Waals surface area contributed by atoms with E-state index in [2.05, 4.69) is 4.98 Å². The zero-order valence-corrected chi connectivity index (χ0v) is 12.5. The number of benzene rings is 1. The number of hydrogen-bond donors (Lipinski definition) is 1. The summed E-state index contributed by atoms with van der Waals surface area (Å²) in [5, 5.41) is 9.93. The molecule has 1 heterocycles. The lowest BCUT2D eigenvalue weighted by Gasteiger charge is -2.21. The van der Waals surface area contributed by atoms with Gasteiger partial charge in [0, 0.05) is 13.6 Å². The minimum Gasteiger partial charge on any atom is -0.391 e. The van der Waals surface area contributed by atoms with Gasteiger partial charge in [0.05, 0.1) is 23.3 Å². The zero-order chi connectivity index (χ0) is 15.7. The van der Waals surface area contributed by atoms with E-state index in [-0.39, 0.29) is 18.0 Å². The fourth-order valence-corrected chi connectivity index (χ4v) is 2.55. The largest absolute Gasteiger partial charge is 0.391 e. The number of hydrogen-bond acceptors (Lipinski definition) is 4. The number of nitrogens with zero attached hydrogens (tertiary/aromatic N) is 3. The third-order valence-corrected chi connectivity index (χ3v) is 4.10. The second kappa shape index (κ2) is 5.88. The first-order chi connectivity index (χ1) is 10.6. The molecule has 1 aliphatic rings. The number of aromatic nitrogens is 2. The molecule has 0 spiro atoms. The number of likely N-dealkylation sites (N-methyl/N-ethyl adjacent to an activating group) is 1. The van der Waals surface area contributed by atoms with Crippen molar-refractivity contribution in [3.63, 3.8) is 0 Å². The van der Waals surface area contributed by atoms with Crippen molar-refractivity contribution in [3.8, 4) is 0 Å². The Hall–Kier alpha value is -2.21. The van der Waals surface area contributed by atoms with Crippen LogP contribution in [0.25, 0.3) is 11.0 Å². The van der Waals surface area contributed by atoms with Crippen molar-refractivity contribution in [2.75, 3.05) is 13.6 Å². The number of carbonyl (C=O) groups excluding carboxylic acids is 1. The molecular formula is C16H19N3O3. The van der Waals surface area contributed by atoms with Gasteiger partial charge in [0.15, 0.2) is 0 Å². The molecule has 1 unspecified atom stereocenters. The predicted octanol–water partition coefficient (Wildman–Crippen LogP) is 0.626. The molecule has 1 aromatic heterocycles. The molecule has 1 atom stereocenters. The lowest BCUT2D eigenvalue weighted by Crippen LogP contribution is -2.39. The minimum atomic E-state index is -0.472. The Labute approximate surface area is 128 Å². The van der Waals surface area contributed by atoms with E-state index in [9.17, 15) is 14.7 Å². The van der Waals surface area contributed by atoms with Crippen molar-refractivity contribution in [2.45, 2.75) is 25.5 Å². The monoisotopic (exact) mass is 301 g/mol. The van der Waals surface area contributed by atoms with Crippen LogP contribution in [-0.2, 0) is 11.3 Å². The Balaban J connectivity index is 1.78. The molecule has 1 N–H and O–H groups in total. The molecule has 22 heavy (non-hydrogen) atoms. The van der Waals surface area contributed by atoms with Gasteiger partial charge in [-0.25, -0.2) is 4.98 Å². The Morgan fingerprint density at radius 2 is 2.18 bits per heavy atom. The van der Waals surface area contributed by atoms with Gasteiger partial charge in [-0.2, -0.15) is 0 Å². The molecule has 0 radical (unpaired) electrons. The normalized spacial score (nSPS) is 15.7. The lowest BCUT2D eigenvalue weighted by atomic mass is 10.2. The fraction of sp³-hybridized carbons (Fsp3) is 0.438. The van der Waals surface area contributed by atoms with Gasteiger partial charge in [-0.15, -0.1) is 0 Å². The van der Waals surface area contributed by atoms with Crippen LogP contribution in [0.4, 0.5) is 0 Å². The Morgan fingerprint density at radius 1 is 1.45 bits per heavy atom. The van der Waals surface area contributed by atoms with Crippen LogP contribution in [0.5, 0.6) is 0 Å². The minimum absolute atomic E-state index is 0.0459. The maximum atomic E-state index is 12.3. The molecular weight excluding hydrogens is 282 g/mol. The highest BCUT2D eigenvalue weighted by Crippen LogP contribution is 2.32. The highest BCUT2D eigenvalue weighted by Gasteiger charge is 2.31.